The topological polar surface area (TPSA) is 21.3 Å². The number of hydrogen-bond acceptors (Lipinski definition) is 2. The molecule has 0 fully saturated rings. The first kappa shape index (κ1) is 9.28. The number of allylic oxidation sites excluding steroid dienone is 1. The maximum atomic E-state index is 5.47. The van der Waals surface area contributed by atoms with Gasteiger partial charge in [-0.2, -0.15) is 0 Å². The molecule has 2 nitrogen and oxygen atoms in total. The van der Waals surface area contributed by atoms with E-state index >= 15 is 0 Å². The first-order valence-corrected chi connectivity index (χ1v) is 4.84. The molecule has 0 spiro atoms. The number of hydrogen-bond donors (Lipinski definition) is 1. The minimum absolute atomic E-state index is 0.0659. The molecule has 2 rings (SSSR count). The average Bonchev–Trinajstić information content (AvgIpc) is 2.51. The van der Waals surface area contributed by atoms with Crippen molar-refractivity contribution in [3.8, 4) is 0 Å². The third-order valence-corrected chi connectivity index (χ3v) is 2.57. The van der Waals surface area contributed by atoms with Crippen LogP contribution in [0.25, 0.3) is 0 Å². The highest BCUT2D eigenvalue weighted by Crippen LogP contribution is 2.28. The van der Waals surface area contributed by atoms with Gasteiger partial charge in [0.25, 0.3) is 0 Å². The van der Waals surface area contributed by atoms with Crippen LogP contribution in [-0.4, -0.2) is 0 Å². The third-order valence-electron chi connectivity index (χ3n) is 2.57. The van der Waals surface area contributed by atoms with Crippen molar-refractivity contribution in [2.75, 3.05) is 0 Å². The average molecular weight is 189 g/mol. The minimum atomic E-state index is 0.0659. The van der Waals surface area contributed by atoms with Crippen LogP contribution in [0.5, 0.6) is 0 Å². The van der Waals surface area contributed by atoms with Gasteiger partial charge in [-0.05, 0) is 43.5 Å². The summed E-state index contributed by atoms with van der Waals surface area (Å²) in [6.45, 7) is 6.24. The van der Waals surface area contributed by atoms with Gasteiger partial charge in [0.1, 0.15) is 6.10 Å². The smallest absolute Gasteiger partial charge is 0.131 e. The SMILES string of the molecule is CC1=CC(c2c(C)cccc2C)ON1. The molecule has 1 heterocycles. The van der Waals surface area contributed by atoms with E-state index in [0.717, 1.165) is 5.70 Å². The lowest BCUT2D eigenvalue weighted by Gasteiger charge is -2.13. The second-order valence-electron chi connectivity index (χ2n) is 3.80. The van der Waals surface area contributed by atoms with Gasteiger partial charge in [-0.1, -0.05) is 18.2 Å². The van der Waals surface area contributed by atoms with E-state index < -0.39 is 0 Å². The summed E-state index contributed by atoms with van der Waals surface area (Å²) in [6, 6.07) is 6.31. The summed E-state index contributed by atoms with van der Waals surface area (Å²) in [5, 5.41) is 0. The van der Waals surface area contributed by atoms with Crippen LogP contribution in [0, 0.1) is 13.8 Å². The van der Waals surface area contributed by atoms with Crippen molar-refractivity contribution in [3.63, 3.8) is 0 Å². The number of nitrogens with one attached hydrogen (secondary N) is 1. The summed E-state index contributed by atoms with van der Waals surface area (Å²) < 4.78 is 0. The summed E-state index contributed by atoms with van der Waals surface area (Å²) in [6.07, 6.45) is 2.17. The van der Waals surface area contributed by atoms with Crippen molar-refractivity contribution in [2.45, 2.75) is 26.9 Å². The fourth-order valence-corrected chi connectivity index (χ4v) is 1.87. The van der Waals surface area contributed by atoms with Gasteiger partial charge in [0.2, 0.25) is 0 Å². The van der Waals surface area contributed by atoms with Crippen molar-refractivity contribution in [1.29, 1.82) is 0 Å². The lowest BCUT2D eigenvalue weighted by Crippen LogP contribution is -2.08. The number of benzene rings is 1. The van der Waals surface area contributed by atoms with E-state index in [2.05, 4.69) is 43.6 Å². The molecule has 14 heavy (non-hydrogen) atoms. The summed E-state index contributed by atoms with van der Waals surface area (Å²) in [7, 11) is 0. The first-order valence-electron chi connectivity index (χ1n) is 4.84. The van der Waals surface area contributed by atoms with E-state index in [0.29, 0.717) is 0 Å². The normalized spacial score (nSPS) is 20.5. The van der Waals surface area contributed by atoms with Crippen molar-refractivity contribution in [2.24, 2.45) is 0 Å². The molecule has 1 aliphatic rings. The van der Waals surface area contributed by atoms with E-state index in [-0.39, 0.29) is 6.10 Å². The van der Waals surface area contributed by atoms with Gasteiger partial charge < -0.3 is 0 Å². The van der Waals surface area contributed by atoms with Gasteiger partial charge >= 0.3 is 0 Å². The molecule has 1 aromatic rings. The van der Waals surface area contributed by atoms with Crippen LogP contribution in [0.2, 0.25) is 0 Å². The van der Waals surface area contributed by atoms with Crippen LogP contribution in [0.3, 0.4) is 0 Å². The van der Waals surface area contributed by atoms with Crippen molar-refractivity contribution >= 4 is 0 Å². The molecule has 0 aliphatic carbocycles. The zero-order valence-corrected chi connectivity index (χ0v) is 8.79. The molecule has 1 aromatic carbocycles. The van der Waals surface area contributed by atoms with Gasteiger partial charge in [0.05, 0.1) is 0 Å². The molecule has 74 valence electrons. The van der Waals surface area contributed by atoms with Crippen molar-refractivity contribution in [3.05, 3.63) is 46.7 Å². The molecule has 0 saturated heterocycles. The predicted molar refractivity (Wildman–Crippen MR) is 56.6 cm³/mol. The molecule has 0 amide bonds. The Morgan fingerprint density at radius 1 is 1.14 bits per heavy atom. The van der Waals surface area contributed by atoms with Crippen LogP contribution >= 0.6 is 0 Å². The maximum Gasteiger partial charge on any atom is 0.131 e. The van der Waals surface area contributed by atoms with Crippen molar-refractivity contribution < 1.29 is 4.84 Å². The van der Waals surface area contributed by atoms with Crippen LogP contribution in [-0.2, 0) is 4.84 Å². The van der Waals surface area contributed by atoms with Gasteiger partial charge in [-0.15, -0.1) is 0 Å². The molecular weight excluding hydrogens is 174 g/mol. The van der Waals surface area contributed by atoms with Crippen LogP contribution in [0.15, 0.2) is 30.0 Å². The fourth-order valence-electron chi connectivity index (χ4n) is 1.87. The van der Waals surface area contributed by atoms with Crippen LogP contribution in [0.1, 0.15) is 29.7 Å². The maximum absolute atomic E-state index is 5.47. The first-order chi connectivity index (χ1) is 6.68. The van der Waals surface area contributed by atoms with Gasteiger partial charge in [0, 0.05) is 5.70 Å². The Labute approximate surface area is 84.5 Å². The molecule has 0 aromatic heterocycles. The van der Waals surface area contributed by atoms with E-state index in [1.54, 1.807) is 0 Å². The highest BCUT2D eigenvalue weighted by molar-refractivity contribution is 5.38. The van der Waals surface area contributed by atoms with E-state index in [4.69, 9.17) is 4.84 Å². The molecule has 1 aliphatic heterocycles. The standard InChI is InChI=1S/C12H15NO/c1-8-5-4-6-9(2)12(8)11-7-10(3)13-14-11/h4-7,11,13H,1-3H3. The predicted octanol–water partition coefficient (Wildman–Crippen LogP) is 2.78. The molecule has 2 heteroatoms. The second kappa shape index (κ2) is 3.46. The molecule has 0 radical (unpaired) electrons. The molecule has 1 atom stereocenters. The molecule has 1 unspecified atom stereocenters. The van der Waals surface area contributed by atoms with E-state index in [9.17, 15) is 0 Å². The van der Waals surface area contributed by atoms with Crippen LogP contribution < -0.4 is 5.48 Å². The lowest BCUT2D eigenvalue weighted by atomic mass is 9.98. The summed E-state index contributed by atoms with van der Waals surface area (Å²) in [4.78, 5) is 5.47. The van der Waals surface area contributed by atoms with E-state index in [1.165, 1.54) is 16.7 Å². The zero-order chi connectivity index (χ0) is 10.1. The van der Waals surface area contributed by atoms with Crippen LogP contribution in [0.4, 0.5) is 0 Å². The van der Waals surface area contributed by atoms with E-state index in [1.807, 2.05) is 6.92 Å². The van der Waals surface area contributed by atoms with Gasteiger partial charge in [-0.25, -0.2) is 0 Å². The third kappa shape index (κ3) is 1.53. The highest BCUT2D eigenvalue weighted by Gasteiger charge is 2.19. The van der Waals surface area contributed by atoms with Gasteiger partial charge in [0.15, 0.2) is 0 Å². The summed E-state index contributed by atoms with van der Waals surface area (Å²) in [5.74, 6) is 0. The Bertz CT molecular complexity index is 362. The Balaban J connectivity index is 2.41. The summed E-state index contributed by atoms with van der Waals surface area (Å²) in [5.41, 5.74) is 7.80. The number of hydroxylamine groups is 1. The number of rotatable bonds is 1. The largest absolute Gasteiger partial charge is 0.271 e. The monoisotopic (exact) mass is 189 g/mol. The van der Waals surface area contributed by atoms with Gasteiger partial charge in [-0.3, -0.25) is 10.3 Å². The Morgan fingerprint density at radius 3 is 2.29 bits per heavy atom. The fraction of sp³-hybridized carbons (Fsp3) is 0.333. The van der Waals surface area contributed by atoms with Crippen molar-refractivity contribution in [1.82, 2.24) is 5.48 Å². The Morgan fingerprint density at radius 2 is 1.79 bits per heavy atom. The quantitative estimate of drug-likeness (QED) is 0.733. The molecule has 0 saturated carbocycles. The highest BCUT2D eigenvalue weighted by atomic mass is 16.7. The lowest BCUT2D eigenvalue weighted by molar-refractivity contribution is 0.0415. The Kier molecular flexibility index (Phi) is 2.30. The molecular formula is C12H15NO. The molecule has 0 bridgehead atoms. The summed E-state index contributed by atoms with van der Waals surface area (Å²) >= 11 is 0. The minimum Gasteiger partial charge on any atom is -0.271 e. The second-order valence-corrected chi connectivity index (χ2v) is 3.80. The zero-order valence-electron chi connectivity index (χ0n) is 8.79. The molecule has 1 N–H and O–H groups in total. The Hall–Kier alpha value is -1.28. The number of aryl methyl sites for hydroxylation is 2.